The molecule has 8 heteroatoms. The lowest BCUT2D eigenvalue weighted by Gasteiger charge is -2.11. The van der Waals surface area contributed by atoms with Gasteiger partial charge in [0.1, 0.15) is 18.1 Å². The fraction of sp³-hybridized carbons (Fsp3) is 0.0909. The molecule has 0 bridgehead atoms. The van der Waals surface area contributed by atoms with Crippen LogP contribution < -0.4 is 14.8 Å². The van der Waals surface area contributed by atoms with E-state index in [4.69, 9.17) is 10.00 Å². The molecule has 1 N–H and O–H groups in total. The molecule has 1 amide bonds. The quantitative estimate of drug-likeness (QED) is 0.597. The minimum atomic E-state index is -4.74. The Labute approximate surface area is 170 Å². The molecule has 0 heterocycles. The van der Waals surface area contributed by atoms with Gasteiger partial charge in [-0.3, -0.25) is 4.79 Å². The summed E-state index contributed by atoms with van der Waals surface area (Å²) in [6.45, 7) is 0.104. The number of amides is 1. The largest absolute Gasteiger partial charge is 0.573 e. The number of hydrogen-bond donors (Lipinski definition) is 1. The monoisotopic (exact) mass is 412 g/mol. The van der Waals surface area contributed by atoms with Crippen LogP contribution in [-0.4, -0.2) is 12.3 Å². The molecule has 0 aliphatic carbocycles. The number of carbonyl (C=O) groups excluding carboxylic acids is 1. The van der Waals surface area contributed by atoms with Gasteiger partial charge in [0, 0.05) is 11.3 Å². The van der Waals surface area contributed by atoms with Crippen LogP contribution in [0, 0.1) is 11.3 Å². The molecule has 3 aromatic carbocycles. The van der Waals surface area contributed by atoms with Crippen molar-refractivity contribution in [2.24, 2.45) is 0 Å². The van der Waals surface area contributed by atoms with Crippen molar-refractivity contribution in [2.75, 3.05) is 5.32 Å². The maximum Gasteiger partial charge on any atom is 0.573 e. The second kappa shape index (κ2) is 9.01. The first-order valence-corrected chi connectivity index (χ1v) is 8.71. The smallest absolute Gasteiger partial charge is 0.489 e. The van der Waals surface area contributed by atoms with Crippen molar-refractivity contribution in [3.63, 3.8) is 0 Å². The molecule has 0 spiro atoms. The van der Waals surface area contributed by atoms with E-state index in [9.17, 15) is 18.0 Å². The van der Waals surface area contributed by atoms with Gasteiger partial charge in [0.2, 0.25) is 0 Å². The van der Waals surface area contributed by atoms with E-state index in [-0.39, 0.29) is 18.3 Å². The summed E-state index contributed by atoms with van der Waals surface area (Å²) in [5.41, 5.74) is 2.04. The second-order valence-corrected chi connectivity index (χ2v) is 6.15. The zero-order valence-electron chi connectivity index (χ0n) is 15.4. The Bertz CT molecular complexity index is 1060. The van der Waals surface area contributed by atoms with Crippen molar-refractivity contribution in [3.05, 3.63) is 89.5 Å². The Morgan fingerprint density at radius 2 is 1.67 bits per heavy atom. The Balaban J connectivity index is 1.59. The van der Waals surface area contributed by atoms with Crippen LogP contribution in [0.1, 0.15) is 21.5 Å². The number of benzene rings is 3. The van der Waals surface area contributed by atoms with Crippen molar-refractivity contribution in [1.82, 2.24) is 0 Å². The molecule has 0 aromatic heterocycles. The third kappa shape index (κ3) is 6.01. The molecule has 152 valence electrons. The maximum absolute atomic E-state index is 12.4. The zero-order valence-corrected chi connectivity index (χ0v) is 15.4. The lowest BCUT2D eigenvalue weighted by molar-refractivity contribution is -0.274. The summed E-state index contributed by atoms with van der Waals surface area (Å²) in [7, 11) is 0. The van der Waals surface area contributed by atoms with Crippen LogP contribution in [0.3, 0.4) is 0 Å². The molecular weight excluding hydrogens is 397 g/mol. The highest BCUT2D eigenvalue weighted by atomic mass is 19.4. The van der Waals surface area contributed by atoms with Crippen LogP contribution in [0.15, 0.2) is 72.8 Å². The minimum Gasteiger partial charge on any atom is -0.489 e. The molecule has 0 aliphatic rings. The van der Waals surface area contributed by atoms with Crippen LogP contribution in [0.5, 0.6) is 11.5 Å². The molecule has 0 fully saturated rings. The van der Waals surface area contributed by atoms with Crippen molar-refractivity contribution in [2.45, 2.75) is 13.0 Å². The van der Waals surface area contributed by atoms with Crippen LogP contribution in [0.4, 0.5) is 18.9 Å². The van der Waals surface area contributed by atoms with Crippen molar-refractivity contribution >= 4 is 11.6 Å². The van der Waals surface area contributed by atoms with Crippen LogP contribution in [0.25, 0.3) is 0 Å². The summed E-state index contributed by atoms with van der Waals surface area (Å²) in [5, 5.41) is 11.5. The fourth-order valence-corrected chi connectivity index (χ4v) is 2.51. The zero-order chi connectivity index (χ0) is 21.6. The summed E-state index contributed by atoms with van der Waals surface area (Å²) in [6, 6.07) is 20.3. The third-order valence-electron chi connectivity index (χ3n) is 3.93. The van der Waals surface area contributed by atoms with E-state index in [1.807, 2.05) is 6.07 Å². The lowest BCUT2D eigenvalue weighted by atomic mass is 10.2. The van der Waals surface area contributed by atoms with Crippen molar-refractivity contribution in [3.8, 4) is 17.6 Å². The van der Waals surface area contributed by atoms with Crippen LogP contribution >= 0.6 is 0 Å². The van der Waals surface area contributed by atoms with Gasteiger partial charge in [-0.1, -0.05) is 18.2 Å². The van der Waals surface area contributed by atoms with Crippen LogP contribution in [-0.2, 0) is 6.61 Å². The van der Waals surface area contributed by atoms with E-state index in [1.54, 1.807) is 48.5 Å². The average Bonchev–Trinajstić information content (AvgIpc) is 2.73. The molecule has 0 aliphatic heterocycles. The van der Waals surface area contributed by atoms with E-state index >= 15 is 0 Å². The van der Waals surface area contributed by atoms with E-state index < -0.39 is 6.36 Å². The molecule has 0 saturated carbocycles. The second-order valence-electron chi connectivity index (χ2n) is 6.15. The molecule has 30 heavy (non-hydrogen) atoms. The summed E-state index contributed by atoms with van der Waals surface area (Å²) >= 11 is 0. The number of anilines is 1. The summed E-state index contributed by atoms with van der Waals surface area (Å²) in [6.07, 6.45) is -4.74. The molecule has 3 aromatic rings. The van der Waals surface area contributed by atoms with Gasteiger partial charge in [-0.2, -0.15) is 5.26 Å². The number of hydrogen-bond acceptors (Lipinski definition) is 4. The molecule has 5 nitrogen and oxygen atoms in total. The lowest BCUT2D eigenvalue weighted by Crippen LogP contribution is -2.17. The first-order chi connectivity index (χ1) is 14.3. The fourth-order valence-electron chi connectivity index (χ4n) is 2.51. The van der Waals surface area contributed by atoms with E-state index in [2.05, 4.69) is 10.1 Å². The number of halogens is 3. The number of nitrogens with zero attached hydrogens (tertiary/aromatic N) is 1. The minimum absolute atomic E-state index is 0.104. The number of nitriles is 1. The van der Waals surface area contributed by atoms with E-state index in [0.717, 1.165) is 0 Å². The molecule has 3 rings (SSSR count). The van der Waals surface area contributed by atoms with Gasteiger partial charge in [0.15, 0.2) is 0 Å². The highest BCUT2D eigenvalue weighted by molar-refractivity contribution is 6.04. The summed E-state index contributed by atoms with van der Waals surface area (Å²) in [5.74, 6) is -0.232. The van der Waals surface area contributed by atoms with Crippen molar-refractivity contribution < 1.29 is 27.4 Å². The normalized spacial score (nSPS) is 10.7. The number of alkyl halides is 3. The SMILES string of the molecule is N#Cc1ccc(NC(=O)c2cccc(OCc3ccc(OC(F)(F)F)cc3)c2)cc1. The molecular formula is C22H15F3N2O3. The van der Waals surface area contributed by atoms with Gasteiger partial charge in [-0.05, 0) is 60.2 Å². The topological polar surface area (TPSA) is 71.4 Å². The Hall–Kier alpha value is -3.99. The predicted molar refractivity (Wildman–Crippen MR) is 103 cm³/mol. The summed E-state index contributed by atoms with van der Waals surface area (Å²) < 4.78 is 46.0. The van der Waals surface area contributed by atoms with Gasteiger partial charge < -0.3 is 14.8 Å². The highest BCUT2D eigenvalue weighted by Crippen LogP contribution is 2.23. The van der Waals surface area contributed by atoms with Gasteiger partial charge in [0.25, 0.3) is 5.91 Å². The van der Waals surface area contributed by atoms with Crippen molar-refractivity contribution in [1.29, 1.82) is 5.26 Å². The maximum atomic E-state index is 12.4. The standard InChI is InChI=1S/C22H15F3N2O3/c23-22(24,25)30-19-10-6-16(7-11-19)14-29-20-3-1-2-17(12-20)21(28)27-18-8-4-15(13-26)5-9-18/h1-12H,14H2,(H,27,28). The van der Waals surface area contributed by atoms with E-state index in [0.29, 0.717) is 28.1 Å². The predicted octanol–water partition coefficient (Wildman–Crippen LogP) is 5.29. The van der Waals surface area contributed by atoms with Gasteiger partial charge in [0.05, 0.1) is 11.6 Å². The Morgan fingerprint density at radius 3 is 2.30 bits per heavy atom. The Morgan fingerprint density at radius 1 is 0.967 bits per heavy atom. The first-order valence-electron chi connectivity index (χ1n) is 8.71. The molecule has 0 unspecified atom stereocenters. The van der Waals surface area contributed by atoms with Gasteiger partial charge in [-0.15, -0.1) is 13.2 Å². The molecule has 0 saturated heterocycles. The number of nitrogens with one attached hydrogen (secondary N) is 1. The number of ether oxygens (including phenoxy) is 2. The van der Waals surface area contributed by atoms with E-state index in [1.165, 1.54) is 24.3 Å². The highest BCUT2D eigenvalue weighted by Gasteiger charge is 2.30. The van der Waals surface area contributed by atoms with Gasteiger partial charge in [-0.25, -0.2) is 0 Å². The summed E-state index contributed by atoms with van der Waals surface area (Å²) in [4.78, 5) is 12.4. The molecule has 0 radical (unpaired) electrons. The number of rotatable bonds is 6. The Kier molecular flexibility index (Phi) is 6.23. The first kappa shape index (κ1) is 20.7. The molecule has 0 atom stereocenters. The van der Waals surface area contributed by atoms with Crippen LogP contribution in [0.2, 0.25) is 0 Å². The average molecular weight is 412 g/mol. The number of carbonyl (C=O) groups is 1. The van der Waals surface area contributed by atoms with Gasteiger partial charge >= 0.3 is 6.36 Å². The third-order valence-corrected chi connectivity index (χ3v) is 3.93.